The van der Waals surface area contributed by atoms with E-state index in [9.17, 15) is 4.79 Å². The van der Waals surface area contributed by atoms with Crippen molar-refractivity contribution in [3.63, 3.8) is 0 Å². The normalized spacial score (nSPS) is 10.4. The van der Waals surface area contributed by atoms with Gasteiger partial charge in [-0.3, -0.25) is 4.79 Å². The minimum Gasteiger partial charge on any atom is -0.378 e. The molecule has 0 saturated carbocycles. The molecule has 19 heavy (non-hydrogen) atoms. The highest BCUT2D eigenvalue weighted by atomic mass is 16.5. The summed E-state index contributed by atoms with van der Waals surface area (Å²) in [6, 6.07) is 0. The molecule has 0 spiro atoms. The van der Waals surface area contributed by atoms with E-state index in [-0.39, 0.29) is 19.1 Å². The maximum atomic E-state index is 11.2. The molecule has 0 aliphatic carbocycles. The van der Waals surface area contributed by atoms with Crippen molar-refractivity contribution in [2.75, 3.05) is 59.8 Å². The molecule has 0 rings (SSSR count). The monoisotopic (exact) mass is 275 g/mol. The first-order valence-corrected chi connectivity index (χ1v) is 6.35. The van der Waals surface area contributed by atoms with Crippen molar-refractivity contribution in [1.82, 2.24) is 10.6 Å². The summed E-state index contributed by atoms with van der Waals surface area (Å²) >= 11 is 0. The third kappa shape index (κ3) is 14.9. The average Bonchev–Trinajstić information content (AvgIpc) is 2.36. The molecular formula is C12H25N3O4. The number of hydrogen-bond acceptors (Lipinski definition) is 6. The van der Waals surface area contributed by atoms with Gasteiger partial charge < -0.3 is 30.3 Å². The Morgan fingerprint density at radius 2 is 1.63 bits per heavy atom. The highest BCUT2D eigenvalue weighted by molar-refractivity contribution is 5.81. The van der Waals surface area contributed by atoms with Gasteiger partial charge in [-0.15, -0.1) is 0 Å². The van der Waals surface area contributed by atoms with Crippen molar-refractivity contribution in [1.29, 1.82) is 5.41 Å². The molecule has 0 heterocycles. The molecule has 1 amide bonds. The van der Waals surface area contributed by atoms with Crippen molar-refractivity contribution < 1.29 is 19.0 Å². The second kappa shape index (κ2) is 13.4. The van der Waals surface area contributed by atoms with Crippen LogP contribution in [0.2, 0.25) is 0 Å². The summed E-state index contributed by atoms with van der Waals surface area (Å²) in [5.74, 6) is -0.199. The molecule has 0 aromatic carbocycles. The SMILES string of the molecule is CNCCOCCOCCNC(=O)COCC(C)=N. The lowest BCUT2D eigenvalue weighted by Gasteiger charge is -2.07. The number of rotatable bonds is 13. The fourth-order valence-corrected chi connectivity index (χ4v) is 1.11. The van der Waals surface area contributed by atoms with E-state index >= 15 is 0 Å². The van der Waals surface area contributed by atoms with E-state index in [1.54, 1.807) is 6.92 Å². The molecule has 0 atom stereocenters. The zero-order valence-corrected chi connectivity index (χ0v) is 11.8. The molecule has 0 unspecified atom stereocenters. The lowest BCUT2D eigenvalue weighted by atomic mass is 10.5. The minimum absolute atomic E-state index is 0.0245. The van der Waals surface area contributed by atoms with Gasteiger partial charge in [-0.1, -0.05) is 0 Å². The molecule has 0 fully saturated rings. The number of nitrogens with one attached hydrogen (secondary N) is 3. The number of ether oxygens (including phenoxy) is 3. The molecule has 112 valence electrons. The van der Waals surface area contributed by atoms with Crippen molar-refractivity contribution in [3.05, 3.63) is 0 Å². The largest absolute Gasteiger partial charge is 0.378 e. The van der Waals surface area contributed by atoms with Crippen molar-refractivity contribution in [2.24, 2.45) is 0 Å². The van der Waals surface area contributed by atoms with Crippen LogP contribution < -0.4 is 10.6 Å². The van der Waals surface area contributed by atoms with Crippen LogP contribution in [0.1, 0.15) is 6.92 Å². The Labute approximate surface area is 114 Å². The van der Waals surface area contributed by atoms with Crippen molar-refractivity contribution >= 4 is 11.6 Å². The van der Waals surface area contributed by atoms with Crippen LogP contribution in [-0.2, 0) is 19.0 Å². The standard InChI is InChI=1S/C12H25N3O4/c1-11(13)9-19-10-12(16)15-4-6-18-8-7-17-5-3-14-2/h13-14H,3-10H2,1-2H3,(H,15,16). The van der Waals surface area contributed by atoms with Crippen LogP contribution in [0, 0.1) is 5.41 Å². The van der Waals surface area contributed by atoms with Gasteiger partial charge in [0.05, 0.1) is 33.0 Å². The molecule has 0 saturated heterocycles. The molecule has 0 aromatic heterocycles. The Balaban J connectivity index is 3.16. The van der Waals surface area contributed by atoms with Crippen molar-refractivity contribution in [2.45, 2.75) is 6.92 Å². The zero-order chi connectivity index (χ0) is 14.3. The number of amides is 1. The molecule has 7 nitrogen and oxygen atoms in total. The van der Waals surface area contributed by atoms with Crippen LogP contribution in [0.15, 0.2) is 0 Å². The topological polar surface area (TPSA) is 92.7 Å². The number of hydrogen-bond donors (Lipinski definition) is 3. The lowest BCUT2D eigenvalue weighted by molar-refractivity contribution is -0.125. The second-order valence-corrected chi connectivity index (χ2v) is 3.95. The zero-order valence-electron chi connectivity index (χ0n) is 11.8. The Morgan fingerprint density at radius 1 is 1.00 bits per heavy atom. The van der Waals surface area contributed by atoms with Gasteiger partial charge in [0.2, 0.25) is 5.91 Å². The van der Waals surface area contributed by atoms with Gasteiger partial charge in [0.1, 0.15) is 6.61 Å². The molecule has 0 bridgehead atoms. The van der Waals surface area contributed by atoms with Crippen LogP contribution in [0.3, 0.4) is 0 Å². The van der Waals surface area contributed by atoms with E-state index in [2.05, 4.69) is 10.6 Å². The summed E-state index contributed by atoms with van der Waals surface area (Å²) in [7, 11) is 1.87. The number of carbonyl (C=O) groups is 1. The van der Waals surface area contributed by atoms with Gasteiger partial charge >= 0.3 is 0 Å². The molecule has 3 N–H and O–H groups in total. The molecule has 7 heteroatoms. The Hall–Kier alpha value is -1.02. The Kier molecular flexibility index (Phi) is 12.7. The first-order valence-electron chi connectivity index (χ1n) is 6.35. The molecule has 0 aliphatic heterocycles. The first-order chi connectivity index (χ1) is 9.16. The van der Waals surface area contributed by atoms with Crippen molar-refractivity contribution in [3.8, 4) is 0 Å². The maximum absolute atomic E-state index is 11.2. The highest BCUT2D eigenvalue weighted by Gasteiger charge is 2.00. The summed E-state index contributed by atoms with van der Waals surface area (Å²) in [4.78, 5) is 11.2. The molecule has 0 radical (unpaired) electrons. The summed E-state index contributed by atoms with van der Waals surface area (Å²) in [6.07, 6.45) is 0. The number of carbonyl (C=O) groups excluding carboxylic acids is 1. The van der Waals surface area contributed by atoms with E-state index < -0.39 is 0 Å². The summed E-state index contributed by atoms with van der Waals surface area (Å²) in [5, 5.41) is 12.8. The van der Waals surface area contributed by atoms with Crippen LogP contribution in [0.25, 0.3) is 0 Å². The van der Waals surface area contributed by atoms with Crippen LogP contribution in [-0.4, -0.2) is 71.4 Å². The predicted octanol–water partition coefficient (Wildman–Crippen LogP) is -0.589. The second-order valence-electron chi connectivity index (χ2n) is 3.95. The van der Waals surface area contributed by atoms with Gasteiger partial charge in [0.15, 0.2) is 0 Å². The quantitative estimate of drug-likeness (QED) is 0.309. The maximum Gasteiger partial charge on any atom is 0.246 e. The fraction of sp³-hybridized carbons (Fsp3) is 0.833. The van der Waals surface area contributed by atoms with Crippen LogP contribution in [0.5, 0.6) is 0 Å². The minimum atomic E-state index is -0.199. The first kappa shape index (κ1) is 18.0. The van der Waals surface area contributed by atoms with Gasteiger partial charge in [-0.05, 0) is 14.0 Å². The van der Waals surface area contributed by atoms with Gasteiger partial charge in [-0.25, -0.2) is 0 Å². The van der Waals surface area contributed by atoms with Gasteiger partial charge in [-0.2, -0.15) is 0 Å². The van der Waals surface area contributed by atoms with E-state index in [4.69, 9.17) is 19.6 Å². The fourth-order valence-electron chi connectivity index (χ4n) is 1.11. The molecule has 0 aliphatic rings. The van der Waals surface area contributed by atoms with Gasteiger partial charge in [0.25, 0.3) is 0 Å². The van der Waals surface area contributed by atoms with E-state index in [0.29, 0.717) is 38.7 Å². The van der Waals surface area contributed by atoms with Gasteiger partial charge in [0, 0.05) is 18.8 Å². The summed E-state index contributed by atoms with van der Waals surface area (Å²) in [5.41, 5.74) is 0.398. The summed E-state index contributed by atoms with van der Waals surface area (Å²) < 4.78 is 15.5. The lowest BCUT2D eigenvalue weighted by Crippen LogP contribution is -2.31. The Bertz CT molecular complexity index is 249. The van der Waals surface area contributed by atoms with E-state index in [1.807, 2.05) is 7.05 Å². The third-order valence-electron chi connectivity index (χ3n) is 1.99. The van der Waals surface area contributed by atoms with E-state index in [1.165, 1.54) is 0 Å². The predicted molar refractivity (Wildman–Crippen MR) is 72.8 cm³/mol. The summed E-state index contributed by atoms with van der Waals surface area (Å²) in [6.45, 7) is 5.25. The molecule has 0 aromatic rings. The average molecular weight is 275 g/mol. The Morgan fingerprint density at radius 3 is 2.21 bits per heavy atom. The van der Waals surface area contributed by atoms with Crippen LogP contribution in [0.4, 0.5) is 0 Å². The highest BCUT2D eigenvalue weighted by Crippen LogP contribution is 1.80. The smallest absolute Gasteiger partial charge is 0.246 e. The van der Waals surface area contributed by atoms with Crippen LogP contribution >= 0.6 is 0 Å². The molecular weight excluding hydrogens is 250 g/mol. The number of likely N-dealkylation sites (N-methyl/N-ethyl adjacent to an activating group) is 1. The van der Waals surface area contributed by atoms with E-state index in [0.717, 1.165) is 6.54 Å². The third-order valence-corrected chi connectivity index (χ3v) is 1.99.